The third-order valence-electron chi connectivity index (χ3n) is 1.07. The van der Waals surface area contributed by atoms with Gasteiger partial charge in [0.2, 0.25) is 0 Å². The largest absolute Gasteiger partial charge is 1.00 e. The molecule has 1 atom stereocenters. The molecule has 1 unspecified atom stereocenters. The Kier molecular flexibility index (Phi) is 5.13. The summed E-state index contributed by atoms with van der Waals surface area (Å²) in [6, 6.07) is 0.667. The average Bonchev–Trinajstić information content (AvgIpc) is 2.30. The molecule has 0 spiro atoms. The third kappa shape index (κ3) is 3.69. The fraction of sp³-hybridized carbons (Fsp3) is 0.200. The van der Waals surface area contributed by atoms with Crippen LogP contribution in [-0.4, -0.2) is 8.76 Å². The van der Waals surface area contributed by atoms with Gasteiger partial charge in [-0.15, -0.1) is 11.3 Å². The van der Waals surface area contributed by atoms with Crippen LogP contribution in [-0.2, 0) is 17.3 Å². The van der Waals surface area contributed by atoms with Gasteiger partial charge in [0.15, 0.2) is 11.1 Å². The molecular weight excluding hydrogens is 236 g/mol. The van der Waals surface area contributed by atoms with E-state index in [4.69, 9.17) is 4.55 Å². The van der Waals surface area contributed by atoms with E-state index in [1.54, 1.807) is 0 Å². The summed E-state index contributed by atoms with van der Waals surface area (Å²) in [6.45, 7) is 0. The molecule has 13 heavy (non-hydrogen) atoms. The van der Waals surface area contributed by atoms with Gasteiger partial charge in [-0.25, -0.2) is 4.21 Å². The van der Waals surface area contributed by atoms with Crippen molar-refractivity contribution in [3.63, 3.8) is 0 Å². The summed E-state index contributed by atoms with van der Waals surface area (Å²) >= 11 is -1.71. The molecule has 0 radical (unpaired) electrons. The molecule has 1 N–H and O–H groups in total. The van der Waals surface area contributed by atoms with E-state index in [-0.39, 0.29) is 35.2 Å². The molecule has 0 saturated heterocycles. The Labute approximate surface area is 102 Å². The first kappa shape index (κ1) is 13.6. The van der Waals surface area contributed by atoms with Crippen molar-refractivity contribution >= 4 is 22.4 Å². The van der Waals surface area contributed by atoms with Crippen molar-refractivity contribution < 1.29 is 52.9 Å². The van der Waals surface area contributed by atoms with E-state index < -0.39 is 22.8 Å². The maximum atomic E-state index is 11.9. The van der Waals surface area contributed by atoms with Crippen LogP contribution in [0.2, 0.25) is 0 Å². The van der Waals surface area contributed by atoms with Crippen molar-refractivity contribution in [2.24, 2.45) is 0 Å². The Morgan fingerprint density at radius 3 is 2.31 bits per heavy atom. The molecular formula is C5H4F3NaO2S2. The molecule has 1 rings (SSSR count). The van der Waals surface area contributed by atoms with E-state index in [0.29, 0.717) is 17.4 Å². The van der Waals surface area contributed by atoms with Crippen LogP contribution in [0.5, 0.6) is 0 Å². The Balaban J connectivity index is 0. The van der Waals surface area contributed by atoms with E-state index in [1.165, 1.54) is 0 Å². The van der Waals surface area contributed by atoms with Gasteiger partial charge >= 0.3 is 35.7 Å². The average molecular weight is 240 g/mol. The molecule has 1 aromatic rings. The first-order valence-electron chi connectivity index (χ1n) is 2.68. The molecule has 0 aliphatic rings. The molecule has 0 aromatic carbocycles. The second-order valence-electron chi connectivity index (χ2n) is 1.90. The van der Waals surface area contributed by atoms with Crippen molar-refractivity contribution in [1.82, 2.24) is 0 Å². The monoisotopic (exact) mass is 240 g/mol. The molecule has 0 aliphatic carbocycles. The number of rotatable bonds is 1. The second kappa shape index (κ2) is 4.90. The zero-order valence-electron chi connectivity index (χ0n) is 7.46. The summed E-state index contributed by atoms with van der Waals surface area (Å²) in [5, 5.41) is 0.809. The van der Waals surface area contributed by atoms with E-state index in [2.05, 4.69) is 0 Å². The molecule has 1 heterocycles. The normalized spacial score (nSPS) is 13.5. The smallest absolute Gasteiger partial charge is 1.00 e. The maximum Gasteiger partial charge on any atom is 1.00 e. The van der Waals surface area contributed by atoms with Crippen LogP contribution < -0.4 is 29.6 Å². The number of halogens is 3. The number of hydrogen-bond donors (Lipinski definition) is 1. The first-order valence-corrected chi connectivity index (χ1v) is 4.66. The van der Waals surface area contributed by atoms with Crippen LogP contribution >= 0.6 is 11.3 Å². The summed E-state index contributed by atoms with van der Waals surface area (Å²) in [6.07, 6.45) is -4.44. The predicted octanol–water partition coefficient (Wildman–Crippen LogP) is -0.536. The van der Waals surface area contributed by atoms with Crippen LogP contribution in [0.25, 0.3) is 0 Å². The van der Waals surface area contributed by atoms with Gasteiger partial charge in [0.05, 0.1) is 5.56 Å². The second-order valence-corrected chi connectivity index (χ2v) is 4.01. The molecule has 0 amide bonds. The minimum atomic E-state index is -4.44. The quantitative estimate of drug-likeness (QED) is 0.529. The van der Waals surface area contributed by atoms with Gasteiger partial charge in [-0.2, -0.15) is 13.2 Å². The van der Waals surface area contributed by atoms with Crippen molar-refractivity contribution in [3.05, 3.63) is 17.0 Å². The molecule has 0 fully saturated rings. The standard InChI is InChI=1S/C5H3F3O2S2.Na.H/c6-5(7,8)3-1-4(11-2-3)12(9)10;;/h1-2H,(H,9,10);;/q;+1;-1. The Hall–Kier alpha value is 0.600. The minimum absolute atomic E-state index is 0. The van der Waals surface area contributed by atoms with E-state index in [1.807, 2.05) is 0 Å². The predicted molar refractivity (Wildman–Crippen MR) is 39.5 cm³/mol. The number of thiophene rings is 1. The van der Waals surface area contributed by atoms with Crippen LogP contribution in [0.1, 0.15) is 6.99 Å². The Morgan fingerprint density at radius 1 is 1.54 bits per heavy atom. The van der Waals surface area contributed by atoms with Gasteiger partial charge < -0.3 is 5.98 Å². The molecule has 0 bridgehead atoms. The van der Waals surface area contributed by atoms with Gasteiger partial charge in [0, 0.05) is 5.38 Å². The van der Waals surface area contributed by atoms with E-state index in [0.717, 1.165) is 5.38 Å². The van der Waals surface area contributed by atoms with E-state index >= 15 is 0 Å². The zero-order valence-corrected chi connectivity index (χ0v) is 10.1. The van der Waals surface area contributed by atoms with Gasteiger partial charge in [0.1, 0.15) is 4.21 Å². The van der Waals surface area contributed by atoms with Crippen molar-refractivity contribution in [2.75, 3.05) is 0 Å². The minimum Gasteiger partial charge on any atom is -1.00 e. The van der Waals surface area contributed by atoms with Crippen molar-refractivity contribution in [2.45, 2.75) is 10.4 Å². The Morgan fingerprint density at radius 2 is 2.08 bits per heavy atom. The molecule has 0 saturated carbocycles. The SMILES string of the molecule is O=S(O)c1cc(C(F)(F)F)cs1.[H-].[Na+]. The summed E-state index contributed by atoms with van der Waals surface area (Å²) < 4.78 is 54.2. The van der Waals surface area contributed by atoms with Crippen molar-refractivity contribution in [3.8, 4) is 0 Å². The van der Waals surface area contributed by atoms with Gasteiger partial charge in [-0.3, -0.25) is 0 Å². The molecule has 8 heteroatoms. The molecule has 2 nitrogen and oxygen atoms in total. The fourth-order valence-electron chi connectivity index (χ4n) is 0.557. The van der Waals surface area contributed by atoms with Crippen LogP contribution in [0.4, 0.5) is 13.2 Å². The topological polar surface area (TPSA) is 37.3 Å². The summed E-state index contributed by atoms with van der Waals surface area (Å²) in [7, 11) is 0. The number of alkyl halides is 3. The van der Waals surface area contributed by atoms with Gasteiger partial charge in [-0.1, -0.05) is 0 Å². The van der Waals surface area contributed by atoms with Crippen LogP contribution in [0.15, 0.2) is 15.7 Å². The zero-order chi connectivity index (χ0) is 9.35. The summed E-state index contributed by atoms with van der Waals surface area (Å²) in [5.74, 6) is 0. The van der Waals surface area contributed by atoms with Gasteiger partial charge in [0.25, 0.3) is 0 Å². The molecule has 70 valence electrons. The van der Waals surface area contributed by atoms with Gasteiger partial charge in [-0.05, 0) is 6.07 Å². The third-order valence-corrected chi connectivity index (χ3v) is 2.98. The van der Waals surface area contributed by atoms with Crippen LogP contribution in [0, 0.1) is 0 Å². The Bertz CT molecular complexity index is 314. The first-order chi connectivity index (χ1) is 5.41. The molecule has 0 aliphatic heterocycles. The molecule has 1 aromatic heterocycles. The van der Waals surface area contributed by atoms with Crippen molar-refractivity contribution in [1.29, 1.82) is 0 Å². The van der Waals surface area contributed by atoms with E-state index in [9.17, 15) is 17.4 Å². The van der Waals surface area contributed by atoms with Crippen LogP contribution in [0.3, 0.4) is 0 Å². The summed E-state index contributed by atoms with van der Waals surface area (Å²) in [4.78, 5) is 0. The fourth-order valence-corrected chi connectivity index (χ4v) is 1.90. The number of hydrogen-bond acceptors (Lipinski definition) is 2. The maximum absolute atomic E-state index is 11.9. The summed E-state index contributed by atoms with van der Waals surface area (Å²) in [5.41, 5.74) is -0.884.